The SMILES string of the molecule is COc1cc2c(cc1OC)CN(C(=O)CN(C)Cc1cnn(C)c1)CC2. The maximum absolute atomic E-state index is 12.7. The summed E-state index contributed by atoms with van der Waals surface area (Å²) >= 11 is 0. The Labute approximate surface area is 154 Å². The normalized spacial score (nSPS) is 13.7. The van der Waals surface area contributed by atoms with E-state index in [0.717, 1.165) is 29.8 Å². The van der Waals surface area contributed by atoms with Crippen LogP contribution in [-0.2, 0) is 31.4 Å². The lowest BCUT2D eigenvalue weighted by molar-refractivity contribution is -0.133. The minimum atomic E-state index is 0.136. The number of likely N-dealkylation sites (N-methyl/N-ethyl adjacent to an activating group) is 1. The molecule has 7 heteroatoms. The van der Waals surface area contributed by atoms with E-state index in [1.165, 1.54) is 5.56 Å². The monoisotopic (exact) mass is 358 g/mol. The van der Waals surface area contributed by atoms with Gasteiger partial charge in [-0.1, -0.05) is 0 Å². The fourth-order valence-electron chi connectivity index (χ4n) is 3.35. The fourth-order valence-corrected chi connectivity index (χ4v) is 3.35. The number of nitrogens with zero attached hydrogens (tertiary/aromatic N) is 4. The van der Waals surface area contributed by atoms with Crippen LogP contribution in [0.3, 0.4) is 0 Å². The van der Waals surface area contributed by atoms with Gasteiger partial charge in [0.05, 0.1) is 27.0 Å². The first-order valence-electron chi connectivity index (χ1n) is 8.67. The highest BCUT2D eigenvalue weighted by Crippen LogP contribution is 2.33. The smallest absolute Gasteiger partial charge is 0.237 e. The van der Waals surface area contributed by atoms with E-state index >= 15 is 0 Å². The van der Waals surface area contributed by atoms with Crippen molar-refractivity contribution in [1.29, 1.82) is 0 Å². The first-order valence-corrected chi connectivity index (χ1v) is 8.67. The molecule has 0 atom stereocenters. The molecule has 0 spiro atoms. The van der Waals surface area contributed by atoms with Gasteiger partial charge in [-0.2, -0.15) is 5.10 Å². The molecule has 0 aliphatic carbocycles. The van der Waals surface area contributed by atoms with E-state index in [4.69, 9.17) is 9.47 Å². The summed E-state index contributed by atoms with van der Waals surface area (Å²) in [5, 5.41) is 4.17. The standard InChI is InChI=1S/C19H26N4O3/c1-21(10-14-9-20-22(2)11-14)13-19(24)23-6-5-15-7-17(25-3)18(26-4)8-16(15)12-23/h7-9,11H,5-6,10,12-13H2,1-4H3. The van der Waals surface area contributed by atoms with Crippen LogP contribution in [0.5, 0.6) is 11.5 Å². The Morgan fingerprint density at radius 1 is 1.23 bits per heavy atom. The van der Waals surface area contributed by atoms with Crippen molar-refractivity contribution in [3.63, 3.8) is 0 Å². The molecule has 0 saturated heterocycles. The van der Waals surface area contributed by atoms with E-state index in [-0.39, 0.29) is 5.91 Å². The molecule has 7 nitrogen and oxygen atoms in total. The predicted octanol–water partition coefficient (Wildman–Crippen LogP) is 1.45. The number of ether oxygens (including phenoxy) is 2. The van der Waals surface area contributed by atoms with E-state index in [2.05, 4.69) is 5.10 Å². The van der Waals surface area contributed by atoms with E-state index < -0.39 is 0 Å². The van der Waals surface area contributed by atoms with Crippen molar-refractivity contribution >= 4 is 5.91 Å². The zero-order chi connectivity index (χ0) is 18.7. The van der Waals surface area contributed by atoms with Gasteiger partial charge in [-0.3, -0.25) is 14.4 Å². The van der Waals surface area contributed by atoms with Crippen molar-refractivity contribution in [1.82, 2.24) is 19.6 Å². The van der Waals surface area contributed by atoms with Gasteiger partial charge in [0.15, 0.2) is 11.5 Å². The molecule has 2 heterocycles. The molecule has 1 aromatic carbocycles. The molecular formula is C19H26N4O3. The lowest BCUT2D eigenvalue weighted by atomic mass is 9.98. The van der Waals surface area contributed by atoms with Crippen molar-refractivity contribution in [2.24, 2.45) is 7.05 Å². The van der Waals surface area contributed by atoms with E-state index in [9.17, 15) is 4.79 Å². The zero-order valence-corrected chi connectivity index (χ0v) is 15.9. The average Bonchev–Trinajstić information content (AvgIpc) is 3.04. The Balaban J connectivity index is 1.63. The minimum absolute atomic E-state index is 0.136. The summed E-state index contributed by atoms with van der Waals surface area (Å²) in [4.78, 5) is 16.6. The Morgan fingerprint density at radius 3 is 2.54 bits per heavy atom. The Morgan fingerprint density at radius 2 is 1.92 bits per heavy atom. The van der Waals surface area contributed by atoms with Crippen LogP contribution < -0.4 is 9.47 Å². The maximum atomic E-state index is 12.7. The molecule has 2 aromatic rings. The summed E-state index contributed by atoms with van der Waals surface area (Å²) in [7, 11) is 7.12. The third kappa shape index (κ3) is 3.99. The molecule has 1 aliphatic rings. The van der Waals surface area contributed by atoms with E-state index in [1.54, 1.807) is 18.9 Å². The van der Waals surface area contributed by atoms with Crippen molar-refractivity contribution < 1.29 is 14.3 Å². The van der Waals surface area contributed by atoms with Gasteiger partial charge < -0.3 is 14.4 Å². The van der Waals surface area contributed by atoms with Gasteiger partial charge in [-0.15, -0.1) is 0 Å². The number of fused-ring (bicyclic) bond motifs is 1. The van der Waals surface area contributed by atoms with Gasteiger partial charge in [0.25, 0.3) is 0 Å². The van der Waals surface area contributed by atoms with Crippen molar-refractivity contribution in [3.05, 3.63) is 41.2 Å². The highest BCUT2D eigenvalue weighted by Gasteiger charge is 2.23. The molecule has 1 amide bonds. The lowest BCUT2D eigenvalue weighted by Gasteiger charge is -2.31. The molecule has 140 valence electrons. The molecule has 3 rings (SSSR count). The van der Waals surface area contributed by atoms with Crippen LogP contribution in [0.15, 0.2) is 24.5 Å². The number of methoxy groups -OCH3 is 2. The van der Waals surface area contributed by atoms with Crippen molar-refractivity contribution in [3.8, 4) is 11.5 Å². The lowest BCUT2D eigenvalue weighted by Crippen LogP contribution is -2.41. The van der Waals surface area contributed by atoms with Gasteiger partial charge in [0.2, 0.25) is 5.91 Å². The fraction of sp³-hybridized carbons (Fsp3) is 0.474. The molecule has 26 heavy (non-hydrogen) atoms. The van der Waals surface area contributed by atoms with Gasteiger partial charge in [-0.25, -0.2) is 0 Å². The van der Waals surface area contributed by atoms with Crippen molar-refractivity contribution in [2.75, 3.05) is 34.4 Å². The second kappa shape index (κ2) is 7.78. The summed E-state index contributed by atoms with van der Waals surface area (Å²) in [6, 6.07) is 4.00. The number of aromatic nitrogens is 2. The number of rotatable bonds is 6. The Bertz CT molecular complexity index is 787. The first kappa shape index (κ1) is 18.3. The second-order valence-electron chi connectivity index (χ2n) is 6.74. The molecule has 1 aromatic heterocycles. The molecule has 0 fully saturated rings. The third-order valence-electron chi connectivity index (χ3n) is 4.69. The molecule has 0 bridgehead atoms. The second-order valence-corrected chi connectivity index (χ2v) is 6.74. The van der Waals surface area contributed by atoms with Crippen LogP contribution in [0, 0.1) is 0 Å². The van der Waals surface area contributed by atoms with Crippen LogP contribution in [0.25, 0.3) is 0 Å². The van der Waals surface area contributed by atoms with Gasteiger partial charge >= 0.3 is 0 Å². The summed E-state index contributed by atoms with van der Waals surface area (Å²) in [6.07, 6.45) is 4.63. The van der Waals surface area contributed by atoms with Crippen LogP contribution in [0.1, 0.15) is 16.7 Å². The number of hydrogen-bond donors (Lipinski definition) is 0. The van der Waals surface area contributed by atoms with Crippen LogP contribution >= 0.6 is 0 Å². The Hall–Kier alpha value is -2.54. The molecule has 0 N–H and O–H groups in total. The minimum Gasteiger partial charge on any atom is -0.493 e. The highest BCUT2D eigenvalue weighted by molar-refractivity contribution is 5.78. The summed E-state index contributed by atoms with van der Waals surface area (Å²) < 4.78 is 12.5. The number of aryl methyl sites for hydroxylation is 1. The molecule has 0 unspecified atom stereocenters. The molecule has 0 radical (unpaired) electrons. The first-order chi connectivity index (χ1) is 12.5. The summed E-state index contributed by atoms with van der Waals surface area (Å²) in [6.45, 7) is 2.42. The number of benzene rings is 1. The largest absolute Gasteiger partial charge is 0.493 e. The highest BCUT2D eigenvalue weighted by atomic mass is 16.5. The number of carbonyl (C=O) groups excluding carboxylic acids is 1. The topological polar surface area (TPSA) is 59.8 Å². The predicted molar refractivity (Wildman–Crippen MR) is 98.2 cm³/mol. The van der Waals surface area contributed by atoms with Crippen molar-refractivity contribution in [2.45, 2.75) is 19.5 Å². The molecule has 0 saturated carbocycles. The number of carbonyl (C=O) groups is 1. The van der Waals surface area contributed by atoms with Gasteiger partial charge in [0.1, 0.15) is 0 Å². The summed E-state index contributed by atoms with van der Waals surface area (Å²) in [5.41, 5.74) is 3.44. The summed E-state index contributed by atoms with van der Waals surface area (Å²) in [5.74, 6) is 1.58. The van der Waals surface area contributed by atoms with Crippen LogP contribution in [-0.4, -0.2) is 59.8 Å². The quantitative estimate of drug-likeness (QED) is 0.782. The number of amides is 1. The van der Waals surface area contributed by atoms with Gasteiger partial charge in [0, 0.05) is 38.4 Å². The number of hydrogen-bond acceptors (Lipinski definition) is 5. The van der Waals surface area contributed by atoms with Crippen LogP contribution in [0.4, 0.5) is 0 Å². The third-order valence-corrected chi connectivity index (χ3v) is 4.69. The maximum Gasteiger partial charge on any atom is 0.237 e. The van der Waals surface area contributed by atoms with E-state index in [0.29, 0.717) is 25.4 Å². The molecular weight excluding hydrogens is 332 g/mol. The molecule has 1 aliphatic heterocycles. The Kier molecular flexibility index (Phi) is 5.46. The zero-order valence-electron chi connectivity index (χ0n) is 15.9. The van der Waals surface area contributed by atoms with Gasteiger partial charge in [-0.05, 0) is 36.7 Å². The van der Waals surface area contributed by atoms with Crippen LogP contribution in [0.2, 0.25) is 0 Å². The average molecular weight is 358 g/mol. The van der Waals surface area contributed by atoms with E-state index in [1.807, 2.05) is 48.4 Å².